The Bertz CT molecular complexity index is 1100. The van der Waals surface area contributed by atoms with Crippen LogP contribution in [-0.4, -0.2) is 28.2 Å². The molecule has 2 N–H and O–H groups in total. The third-order valence-corrected chi connectivity index (χ3v) is 5.26. The van der Waals surface area contributed by atoms with Crippen molar-refractivity contribution in [2.75, 3.05) is 11.9 Å². The second kappa shape index (κ2) is 10.0. The topological polar surface area (TPSA) is 71.3 Å². The molecule has 0 saturated heterocycles. The summed E-state index contributed by atoms with van der Waals surface area (Å²) in [7, 11) is 1.92. The Morgan fingerprint density at radius 3 is 2.61 bits per heavy atom. The zero-order valence-corrected chi connectivity index (χ0v) is 18.4. The number of aromatic nitrogens is 2. The number of aliphatic imine (C=N–C) groups is 1. The summed E-state index contributed by atoms with van der Waals surface area (Å²) in [4.78, 5) is 17.3. The number of rotatable bonds is 6. The number of carbonyl (C=O) groups is 1. The van der Waals surface area contributed by atoms with Crippen LogP contribution < -0.4 is 10.6 Å². The summed E-state index contributed by atoms with van der Waals surface area (Å²) in [5.74, 6) is -0.555. The summed E-state index contributed by atoms with van der Waals surface area (Å²) in [5.41, 5.74) is 5.44. The van der Waals surface area contributed by atoms with Crippen LogP contribution in [0.3, 0.4) is 0 Å². The van der Waals surface area contributed by atoms with Crippen LogP contribution in [0.5, 0.6) is 0 Å². The van der Waals surface area contributed by atoms with E-state index < -0.39 is 11.7 Å². The van der Waals surface area contributed by atoms with E-state index in [1.54, 1.807) is 6.07 Å². The molecule has 7 heteroatoms. The molecule has 0 aliphatic rings. The van der Waals surface area contributed by atoms with Crippen molar-refractivity contribution in [1.29, 1.82) is 0 Å². The van der Waals surface area contributed by atoms with Crippen molar-refractivity contribution in [3.05, 3.63) is 82.4 Å². The first-order chi connectivity index (χ1) is 14.9. The molecule has 0 aliphatic carbocycles. The Balaban J connectivity index is 1.82. The molecule has 0 aliphatic heterocycles. The third-order valence-electron chi connectivity index (χ3n) is 5.26. The van der Waals surface area contributed by atoms with Crippen molar-refractivity contribution in [3.63, 3.8) is 0 Å². The number of halogens is 1. The Kier molecular flexibility index (Phi) is 7.18. The standard InChI is InChI=1S/C24H28FN5O/c1-5-18-9-6-7-12-22(18)27-24(28-23(31)19-10-8-11-20(25)15-19)26-14-13-21-16(2)29-30(4)17(21)3/h6-12,15H,5,13-14H2,1-4H3,(H2,26,27,28,31). The van der Waals surface area contributed by atoms with Crippen molar-refractivity contribution in [2.45, 2.75) is 33.6 Å². The summed E-state index contributed by atoms with van der Waals surface area (Å²) >= 11 is 0. The first-order valence-corrected chi connectivity index (χ1v) is 10.3. The van der Waals surface area contributed by atoms with Gasteiger partial charge in [0.05, 0.1) is 5.69 Å². The van der Waals surface area contributed by atoms with E-state index in [-0.39, 0.29) is 5.56 Å². The largest absolute Gasteiger partial charge is 0.326 e. The number of nitrogens with zero attached hydrogens (tertiary/aromatic N) is 3. The normalized spacial score (nSPS) is 11.5. The molecule has 31 heavy (non-hydrogen) atoms. The van der Waals surface area contributed by atoms with E-state index in [4.69, 9.17) is 0 Å². The maximum atomic E-state index is 13.5. The zero-order chi connectivity index (χ0) is 22.4. The number of para-hydroxylation sites is 1. The monoisotopic (exact) mass is 421 g/mol. The SMILES string of the molecule is CCc1ccccc1NC(=NCCc1c(C)nn(C)c1C)NC(=O)c1cccc(F)c1. The lowest BCUT2D eigenvalue weighted by Gasteiger charge is -2.14. The van der Waals surface area contributed by atoms with Crippen LogP contribution in [0.4, 0.5) is 10.1 Å². The van der Waals surface area contributed by atoms with E-state index in [2.05, 4.69) is 27.6 Å². The molecule has 0 bridgehead atoms. The second-order valence-corrected chi connectivity index (χ2v) is 7.35. The zero-order valence-electron chi connectivity index (χ0n) is 18.4. The quantitative estimate of drug-likeness (QED) is 0.463. The smallest absolute Gasteiger partial charge is 0.258 e. The van der Waals surface area contributed by atoms with Crippen molar-refractivity contribution in [3.8, 4) is 0 Å². The highest BCUT2D eigenvalue weighted by molar-refractivity contribution is 6.10. The number of benzene rings is 2. The average molecular weight is 422 g/mol. The molecule has 3 rings (SSSR count). The van der Waals surface area contributed by atoms with E-state index in [9.17, 15) is 9.18 Å². The number of guanidine groups is 1. The third kappa shape index (κ3) is 5.57. The van der Waals surface area contributed by atoms with Gasteiger partial charge < -0.3 is 5.32 Å². The summed E-state index contributed by atoms with van der Waals surface area (Å²) in [6.07, 6.45) is 1.53. The average Bonchev–Trinajstić information content (AvgIpc) is 2.99. The predicted molar refractivity (Wildman–Crippen MR) is 122 cm³/mol. The second-order valence-electron chi connectivity index (χ2n) is 7.35. The number of anilines is 1. The minimum Gasteiger partial charge on any atom is -0.326 e. The van der Waals surface area contributed by atoms with E-state index in [1.165, 1.54) is 18.2 Å². The van der Waals surface area contributed by atoms with Crippen molar-refractivity contribution < 1.29 is 9.18 Å². The molecule has 0 fully saturated rings. The molecule has 1 aromatic heterocycles. The lowest BCUT2D eigenvalue weighted by molar-refractivity contribution is 0.0976. The van der Waals surface area contributed by atoms with Crippen LogP contribution in [0.15, 0.2) is 53.5 Å². The van der Waals surface area contributed by atoms with Crippen LogP contribution in [-0.2, 0) is 19.9 Å². The van der Waals surface area contributed by atoms with Gasteiger partial charge in [-0.05, 0) is 62.1 Å². The Morgan fingerprint density at radius 1 is 1.16 bits per heavy atom. The van der Waals surface area contributed by atoms with E-state index >= 15 is 0 Å². The predicted octanol–water partition coefficient (Wildman–Crippen LogP) is 4.18. The molecule has 0 atom stereocenters. The molecular weight excluding hydrogens is 393 g/mol. The fourth-order valence-corrected chi connectivity index (χ4v) is 3.46. The van der Waals surface area contributed by atoms with Gasteiger partial charge in [-0.15, -0.1) is 0 Å². The molecule has 3 aromatic rings. The molecule has 162 valence electrons. The van der Waals surface area contributed by atoms with Gasteiger partial charge in [-0.1, -0.05) is 31.2 Å². The molecule has 0 radical (unpaired) electrons. The van der Waals surface area contributed by atoms with Gasteiger partial charge in [-0.3, -0.25) is 19.8 Å². The van der Waals surface area contributed by atoms with E-state index in [0.29, 0.717) is 18.9 Å². The minimum atomic E-state index is -0.460. The number of hydrogen-bond acceptors (Lipinski definition) is 3. The molecular formula is C24H28FN5O. The van der Waals surface area contributed by atoms with Gasteiger partial charge in [0.15, 0.2) is 0 Å². The van der Waals surface area contributed by atoms with Crippen LogP contribution in [0.1, 0.15) is 39.8 Å². The van der Waals surface area contributed by atoms with Crippen molar-refractivity contribution in [1.82, 2.24) is 15.1 Å². The lowest BCUT2D eigenvalue weighted by atomic mass is 10.1. The Hall–Kier alpha value is -3.48. The molecule has 1 amide bonds. The van der Waals surface area contributed by atoms with Gasteiger partial charge in [0.1, 0.15) is 5.82 Å². The summed E-state index contributed by atoms with van der Waals surface area (Å²) in [6, 6.07) is 13.5. The van der Waals surface area contributed by atoms with Gasteiger partial charge in [0, 0.05) is 30.5 Å². The molecule has 1 heterocycles. The van der Waals surface area contributed by atoms with Gasteiger partial charge in [0.25, 0.3) is 5.91 Å². The molecule has 0 spiro atoms. The Labute approximate surface area is 182 Å². The summed E-state index contributed by atoms with van der Waals surface area (Å²) in [6.45, 7) is 6.54. The van der Waals surface area contributed by atoms with Crippen LogP contribution in [0.2, 0.25) is 0 Å². The molecule has 0 unspecified atom stereocenters. The maximum absolute atomic E-state index is 13.5. The first kappa shape index (κ1) is 22.2. The highest BCUT2D eigenvalue weighted by Crippen LogP contribution is 2.16. The van der Waals surface area contributed by atoms with Crippen LogP contribution in [0.25, 0.3) is 0 Å². The Morgan fingerprint density at radius 2 is 1.94 bits per heavy atom. The van der Waals surface area contributed by atoms with Gasteiger partial charge in [0.2, 0.25) is 5.96 Å². The fraction of sp³-hybridized carbons (Fsp3) is 0.292. The molecule has 0 saturated carbocycles. The van der Waals surface area contributed by atoms with E-state index in [1.807, 2.05) is 49.8 Å². The van der Waals surface area contributed by atoms with Gasteiger partial charge in [-0.25, -0.2) is 4.39 Å². The maximum Gasteiger partial charge on any atom is 0.258 e. The highest BCUT2D eigenvalue weighted by atomic mass is 19.1. The number of carbonyl (C=O) groups excluding carboxylic acids is 1. The van der Waals surface area contributed by atoms with Crippen molar-refractivity contribution >= 4 is 17.6 Å². The fourth-order valence-electron chi connectivity index (χ4n) is 3.46. The first-order valence-electron chi connectivity index (χ1n) is 10.3. The van der Waals surface area contributed by atoms with Crippen LogP contribution >= 0.6 is 0 Å². The van der Waals surface area contributed by atoms with Crippen LogP contribution in [0, 0.1) is 19.7 Å². The molecule has 6 nitrogen and oxygen atoms in total. The lowest BCUT2D eigenvalue weighted by Crippen LogP contribution is -2.36. The number of hydrogen-bond donors (Lipinski definition) is 2. The molecule has 2 aromatic carbocycles. The van der Waals surface area contributed by atoms with Gasteiger partial charge >= 0.3 is 0 Å². The van der Waals surface area contributed by atoms with E-state index in [0.717, 1.165) is 34.6 Å². The van der Waals surface area contributed by atoms with Crippen molar-refractivity contribution in [2.24, 2.45) is 12.0 Å². The summed E-state index contributed by atoms with van der Waals surface area (Å²) in [5, 5.41) is 10.5. The van der Waals surface area contributed by atoms with Gasteiger partial charge in [-0.2, -0.15) is 5.10 Å². The summed E-state index contributed by atoms with van der Waals surface area (Å²) < 4.78 is 15.4. The highest BCUT2D eigenvalue weighted by Gasteiger charge is 2.13. The number of nitrogens with one attached hydrogen (secondary N) is 2. The number of amides is 1. The minimum absolute atomic E-state index is 0.234. The number of aryl methyl sites for hydroxylation is 3.